The molecule has 5 rings (SSSR count). The molecule has 31 heavy (non-hydrogen) atoms. The first kappa shape index (κ1) is 20.3. The van der Waals surface area contributed by atoms with Gasteiger partial charge in [-0.3, -0.25) is 4.90 Å². The van der Waals surface area contributed by atoms with E-state index in [4.69, 9.17) is 4.74 Å². The van der Waals surface area contributed by atoms with Gasteiger partial charge in [-0.1, -0.05) is 17.3 Å². The van der Waals surface area contributed by atoms with Gasteiger partial charge in [-0.05, 0) is 74.9 Å². The van der Waals surface area contributed by atoms with Gasteiger partial charge in [-0.25, -0.2) is 4.68 Å². The van der Waals surface area contributed by atoms with Crippen molar-refractivity contribution < 1.29 is 4.74 Å². The van der Waals surface area contributed by atoms with Gasteiger partial charge in [0.15, 0.2) is 0 Å². The molecule has 1 saturated heterocycles. The minimum absolute atomic E-state index is 0.443. The van der Waals surface area contributed by atoms with Crippen LogP contribution in [0, 0.1) is 13.8 Å². The van der Waals surface area contributed by atoms with Crippen molar-refractivity contribution in [2.45, 2.75) is 51.6 Å². The first-order chi connectivity index (χ1) is 15.1. The Morgan fingerprint density at radius 1 is 0.935 bits per heavy atom. The number of hydrogen-bond acceptors (Lipinski definition) is 5. The fraction of sp³-hybridized carbons (Fsp3) is 0.520. The largest absolute Gasteiger partial charge is 0.495 e. The standard InChI is InChI=1S/C25H33N5O/c1-18-15-22-24(16-19(18)2)30(27-26-22)21-8-6-7-20(17-21)28-11-13-29(14-12-28)23-9-4-5-10-25(23)31-3/h4-5,9-10,15-16,20-21H,6-8,11-14,17H2,1-3H3/t20-,21+/m1/s1. The summed E-state index contributed by atoms with van der Waals surface area (Å²) < 4.78 is 7.78. The summed E-state index contributed by atoms with van der Waals surface area (Å²) in [6.07, 6.45) is 4.91. The highest BCUT2D eigenvalue weighted by atomic mass is 16.5. The Balaban J connectivity index is 1.27. The Hall–Kier alpha value is -2.60. The van der Waals surface area contributed by atoms with Crippen molar-refractivity contribution >= 4 is 16.7 Å². The van der Waals surface area contributed by atoms with Crippen LogP contribution in [-0.4, -0.2) is 59.2 Å². The van der Waals surface area contributed by atoms with E-state index in [1.54, 1.807) is 7.11 Å². The van der Waals surface area contributed by atoms with Gasteiger partial charge in [0.1, 0.15) is 11.3 Å². The maximum Gasteiger partial charge on any atom is 0.142 e. The van der Waals surface area contributed by atoms with Crippen LogP contribution >= 0.6 is 0 Å². The van der Waals surface area contributed by atoms with Gasteiger partial charge in [0.25, 0.3) is 0 Å². The maximum absolute atomic E-state index is 5.58. The van der Waals surface area contributed by atoms with Gasteiger partial charge in [0, 0.05) is 32.2 Å². The van der Waals surface area contributed by atoms with E-state index in [0.717, 1.165) is 37.4 Å². The molecule has 0 spiro atoms. The van der Waals surface area contributed by atoms with Crippen LogP contribution in [-0.2, 0) is 0 Å². The Labute approximate surface area is 184 Å². The third-order valence-corrected chi connectivity index (χ3v) is 7.31. The average molecular weight is 420 g/mol. The Morgan fingerprint density at radius 3 is 2.48 bits per heavy atom. The highest BCUT2D eigenvalue weighted by Crippen LogP contribution is 2.34. The van der Waals surface area contributed by atoms with Gasteiger partial charge in [0.2, 0.25) is 0 Å². The van der Waals surface area contributed by atoms with E-state index >= 15 is 0 Å². The van der Waals surface area contributed by atoms with Gasteiger partial charge < -0.3 is 9.64 Å². The highest BCUT2D eigenvalue weighted by Gasteiger charge is 2.31. The zero-order valence-corrected chi connectivity index (χ0v) is 18.9. The number of hydrogen-bond donors (Lipinski definition) is 0. The summed E-state index contributed by atoms with van der Waals surface area (Å²) in [7, 11) is 1.76. The molecule has 3 aromatic rings. The monoisotopic (exact) mass is 419 g/mol. The van der Waals surface area contributed by atoms with E-state index in [1.807, 2.05) is 6.07 Å². The molecular formula is C25H33N5O. The van der Waals surface area contributed by atoms with Gasteiger partial charge in [-0.15, -0.1) is 5.10 Å². The van der Waals surface area contributed by atoms with E-state index in [0.29, 0.717) is 12.1 Å². The number of aromatic nitrogens is 3. The second-order valence-electron chi connectivity index (χ2n) is 9.13. The first-order valence-corrected chi connectivity index (χ1v) is 11.6. The number of ether oxygens (including phenoxy) is 1. The molecule has 0 radical (unpaired) electrons. The van der Waals surface area contributed by atoms with Crippen LogP contribution < -0.4 is 9.64 Å². The van der Waals surface area contributed by atoms with Crippen LogP contribution in [0.4, 0.5) is 5.69 Å². The number of anilines is 1. The zero-order chi connectivity index (χ0) is 21.4. The van der Waals surface area contributed by atoms with Crippen molar-refractivity contribution in [3.05, 3.63) is 47.5 Å². The van der Waals surface area contributed by atoms with E-state index in [2.05, 4.69) is 69.0 Å². The number of methoxy groups -OCH3 is 1. The van der Waals surface area contributed by atoms with Crippen molar-refractivity contribution in [2.75, 3.05) is 38.2 Å². The normalized spacial score (nSPS) is 22.7. The SMILES string of the molecule is COc1ccccc1N1CCN([C@@H]2CCC[C@H](n3nnc4cc(C)c(C)cc43)C2)CC1. The minimum Gasteiger partial charge on any atom is -0.495 e. The smallest absolute Gasteiger partial charge is 0.142 e. The van der Waals surface area contributed by atoms with Crippen LogP contribution in [0.5, 0.6) is 5.75 Å². The Morgan fingerprint density at radius 2 is 1.68 bits per heavy atom. The molecule has 6 heteroatoms. The number of piperazine rings is 1. The molecule has 2 heterocycles. The third kappa shape index (κ3) is 3.89. The lowest BCUT2D eigenvalue weighted by molar-refractivity contribution is 0.122. The molecule has 6 nitrogen and oxygen atoms in total. The summed E-state index contributed by atoms with van der Waals surface area (Å²) in [4.78, 5) is 5.16. The van der Waals surface area contributed by atoms with E-state index in [-0.39, 0.29) is 0 Å². The van der Waals surface area contributed by atoms with Crippen molar-refractivity contribution in [1.82, 2.24) is 19.9 Å². The molecule has 2 aromatic carbocycles. The lowest BCUT2D eigenvalue weighted by atomic mass is 9.89. The molecule has 1 aliphatic heterocycles. The molecule has 0 unspecified atom stereocenters. The molecule has 0 N–H and O–H groups in total. The van der Waals surface area contributed by atoms with Crippen LogP contribution in [0.1, 0.15) is 42.9 Å². The van der Waals surface area contributed by atoms with Crippen LogP contribution in [0.15, 0.2) is 36.4 Å². The lowest BCUT2D eigenvalue weighted by Crippen LogP contribution is -2.51. The second kappa shape index (κ2) is 8.50. The van der Waals surface area contributed by atoms with E-state index < -0.39 is 0 Å². The highest BCUT2D eigenvalue weighted by molar-refractivity contribution is 5.76. The predicted octanol–water partition coefficient (Wildman–Crippen LogP) is 4.36. The average Bonchev–Trinajstić information content (AvgIpc) is 3.22. The number of fused-ring (bicyclic) bond motifs is 1. The zero-order valence-electron chi connectivity index (χ0n) is 18.9. The van der Waals surface area contributed by atoms with Crippen molar-refractivity contribution in [1.29, 1.82) is 0 Å². The summed E-state index contributed by atoms with van der Waals surface area (Å²) in [6.45, 7) is 8.63. The summed E-state index contributed by atoms with van der Waals surface area (Å²) in [5, 5.41) is 9.05. The second-order valence-corrected chi connectivity index (χ2v) is 9.13. The van der Waals surface area contributed by atoms with Crippen LogP contribution in [0.25, 0.3) is 11.0 Å². The topological polar surface area (TPSA) is 46.4 Å². The third-order valence-electron chi connectivity index (χ3n) is 7.31. The lowest BCUT2D eigenvalue weighted by Gasteiger charge is -2.43. The molecule has 2 atom stereocenters. The molecule has 1 aliphatic carbocycles. The Kier molecular flexibility index (Phi) is 5.57. The molecule has 1 aromatic heterocycles. The van der Waals surface area contributed by atoms with Crippen molar-refractivity contribution in [3.63, 3.8) is 0 Å². The fourth-order valence-electron chi connectivity index (χ4n) is 5.38. The van der Waals surface area contributed by atoms with Crippen LogP contribution in [0.2, 0.25) is 0 Å². The van der Waals surface area contributed by atoms with E-state index in [9.17, 15) is 0 Å². The summed E-state index contributed by atoms with van der Waals surface area (Å²) >= 11 is 0. The summed E-state index contributed by atoms with van der Waals surface area (Å²) in [5.74, 6) is 0.970. The fourth-order valence-corrected chi connectivity index (χ4v) is 5.38. The molecular weight excluding hydrogens is 386 g/mol. The van der Waals surface area contributed by atoms with Gasteiger partial charge in [0.05, 0.1) is 24.4 Å². The van der Waals surface area contributed by atoms with Gasteiger partial charge in [-0.2, -0.15) is 0 Å². The quantitative estimate of drug-likeness (QED) is 0.629. The van der Waals surface area contributed by atoms with Crippen molar-refractivity contribution in [3.8, 4) is 5.75 Å². The number of para-hydroxylation sites is 2. The van der Waals surface area contributed by atoms with E-state index in [1.165, 1.54) is 48.0 Å². The molecule has 0 amide bonds. The van der Waals surface area contributed by atoms with Crippen LogP contribution in [0.3, 0.4) is 0 Å². The first-order valence-electron chi connectivity index (χ1n) is 11.6. The number of rotatable bonds is 4. The maximum atomic E-state index is 5.58. The Bertz CT molecular complexity index is 1050. The molecule has 164 valence electrons. The molecule has 2 fully saturated rings. The summed E-state index contributed by atoms with van der Waals surface area (Å²) in [6, 6.07) is 13.9. The number of nitrogens with zero attached hydrogens (tertiary/aromatic N) is 5. The number of aryl methyl sites for hydroxylation is 2. The molecule has 0 bridgehead atoms. The number of benzene rings is 2. The van der Waals surface area contributed by atoms with Crippen molar-refractivity contribution in [2.24, 2.45) is 0 Å². The predicted molar refractivity (Wildman–Crippen MR) is 125 cm³/mol. The minimum atomic E-state index is 0.443. The molecule has 2 aliphatic rings. The van der Waals surface area contributed by atoms with Gasteiger partial charge >= 0.3 is 0 Å². The summed E-state index contributed by atoms with van der Waals surface area (Å²) in [5.41, 5.74) is 6.03. The molecule has 1 saturated carbocycles.